The van der Waals surface area contributed by atoms with Crippen LogP contribution >= 0.6 is 0 Å². The molecule has 0 spiro atoms. The Kier molecular flexibility index (Phi) is 4.65. The Morgan fingerprint density at radius 2 is 1.58 bits per heavy atom. The number of amides is 2. The van der Waals surface area contributed by atoms with Crippen molar-refractivity contribution in [3.05, 3.63) is 59.7 Å². The smallest absolute Gasteiger partial charge is 0.240 e. The molecular formula is C20H22N2O2. The van der Waals surface area contributed by atoms with Gasteiger partial charge in [0.25, 0.3) is 0 Å². The van der Waals surface area contributed by atoms with E-state index in [9.17, 15) is 9.59 Å². The van der Waals surface area contributed by atoms with Crippen LogP contribution in [-0.2, 0) is 9.59 Å². The molecule has 0 bridgehead atoms. The molecular weight excluding hydrogens is 300 g/mol. The quantitative estimate of drug-likeness (QED) is 0.858. The summed E-state index contributed by atoms with van der Waals surface area (Å²) in [5.74, 6) is -1.02. The molecule has 0 fully saturated rings. The number of rotatable bonds is 6. The van der Waals surface area contributed by atoms with Crippen LogP contribution < -0.4 is 11.1 Å². The summed E-state index contributed by atoms with van der Waals surface area (Å²) in [6.45, 7) is 2.04. The zero-order chi connectivity index (χ0) is 17.1. The minimum atomic E-state index is -0.614. The molecule has 0 radical (unpaired) electrons. The fraction of sp³-hybridized carbons (Fsp3) is 0.300. The molecule has 0 saturated heterocycles. The zero-order valence-corrected chi connectivity index (χ0v) is 13.8. The second-order valence-electron chi connectivity index (χ2n) is 6.21. The molecule has 3 rings (SSSR count). The topological polar surface area (TPSA) is 72.2 Å². The highest BCUT2D eigenvalue weighted by Crippen LogP contribution is 2.44. The highest BCUT2D eigenvalue weighted by molar-refractivity contribution is 5.98. The van der Waals surface area contributed by atoms with Crippen molar-refractivity contribution in [2.24, 2.45) is 5.73 Å². The summed E-state index contributed by atoms with van der Waals surface area (Å²) in [5.41, 5.74) is 9.58. The van der Waals surface area contributed by atoms with Crippen LogP contribution in [0, 0.1) is 0 Å². The second kappa shape index (κ2) is 6.87. The fourth-order valence-electron chi connectivity index (χ4n) is 3.39. The first-order valence-electron chi connectivity index (χ1n) is 8.41. The van der Waals surface area contributed by atoms with Gasteiger partial charge in [-0.3, -0.25) is 9.59 Å². The molecule has 3 N–H and O–H groups in total. The van der Waals surface area contributed by atoms with Gasteiger partial charge in [-0.15, -0.1) is 0 Å². The first kappa shape index (κ1) is 16.2. The van der Waals surface area contributed by atoms with Gasteiger partial charge in [0.1, 0.15) is 6.04 Å². The van der Waals surface area contributed by atoms with E-state index in [2.05, 4.69) is 5.32 Å². The van der Waals surface area contributed by atoms with Crippen molar-refractivity contribution in [3.8, 4) is 11.1 Å². The second-order valence-corrected chi connectivity index (χ2v) is 6.21. The van der Waals surface area contributed by atoms with Gasteiger partial charge in [-0.1, -0.05) is 68.3 Å². The summed E-state index contributed by atoms with van der Waals surface area (Å²) in [6, 6.07) is 15.2. The van der Waals surface area contributed by atoms with Gasteiger partial charge >= 0.3 is 0 Å². The Labute approximate surface area is 142 Å². The van der Waals surface area contributed by atoms with E-state index < -0.39 is 11.9 Å². The van der Waals surface area contributed by atoms with Crippen LogP contribution in [0.3, 0.4) is 0 Å². The van der Waals surface area contributed by atoms with Gasteiger partial charge < -0.3 is 11.1 Å². The summed E-state index contributed by atoms with van der Waals surface area (Å²) >= 11 is 0. The Morgan fingerprint density at radius 3 is 2.08 bits per heavy atom. The molecule has 4 nitrogen and oxygen atoms in total. The first-order chi connectivity index (χ1) is 11.6. The lowest BCUT2D eigenvalue weighted by Gasteiger charge is -2.19. The van der Waals surface area contributed by atoms with Crippen molar-refractivity contribution in [2.45, 2.75) is 38.1 Å². The molecule has 0 saturated carbocycles. The van der Waals surface area contributed by atoms with Gasteiger partial charge in [0.05, 0.1) is 5.92 Å². The Bertz CT molecular complexity index is 724. The lowest BCUT2D eigenvalue weighted by Crippen LogP contribution is -2.46. The minimum absolute atomic E-state index is 0.160. The number of hydrogen-bond donors (Lipinski definition) is 2. The van der Waals surface area contributed by atoms with Crippen molar-refractivity contribution in [3.63, 3.8) is 0 Å². The first-order valence-corrected chi connectivity index (χ1v) is 8.41. The number of benzene rings is 2. The van der Waals surface area contributed by atoms with Gasteiger partial charge in [0.15, 0.2) is 0 Å². The molecule has 1 aliphatic rings. The number of carbonyl (C=O) groups excluding carboxylic acids is 2. The van der Waals surface area contributed by atoms with E-state index in [-0.39, 0.29) is 11.8 Å². The molecule has 0 heterocycles. The summed E-state index contributed by atoms with van der Waals surface area (Å²) in [5, 5.41) is 2.86. The van der Waals surface area contributed by atoms with Crippen LogP contribution in [0.2, 0.25) is 0 Å². The maximum absolute atomic E-state index is 12.9. The van der Waals surface area contributed by atoms with Crippen molar-refractivity contribution in [1.29, 1.82) is 0 Å². The van der Waals surface area contributed by atoms with E-state index >= 15 is 0 Å². The third-order valence-electron chi connectivity index (χ3n) is 4.60. The van der Waals surface area contributed by atoms with Gasteiger partial charge in [0.2, 0.25) is 11.8 Å². The highest BCUT2D eigenvalue weighted by Gasteiger charge is 2.34. The molecule has 2 aromatic carbocycles. The molecule has 2 aromatic rings. The van der Waals surface area contributed by atoms with Crippen molar-refractivity contribution in [2.75, 3.05) is 0 Å². The van der Waals surface area contributed by atoms with Crippen LogP contribution in [0.15, 0.2) is 48.5 Å². The van der Waals surface area contributed by atoms with E-state index in [1.54, 1.807) is 0 Å². The van der Waals surface area contributed by atoms with Crippen molar-refractivity contribution >= 4 is 11.8 Å². The predicted molar refractivity (Wildman–Crippen MR) is 94.4 cm³/mol. The summed E-state index contributed by atoms with van der Waals surface area (Å²) in [7, 11) is 0. The molecule has 0 aliphatic heterocycles. The van der Waals surface area contributed by atoms with Crippen LogP contribution in [0.5, 0.6) is 0 Å². The molecule has 2 amide bonds. The summed E-state index contributed by atoms with van der Waals surface area (Å²) in [4.78, 5) is 24.6. The van der Waals surface area contributed by atoms with Crippen LogP contribution in [-0.4, -0.2) is 17.9 Å². The number of fused-ring (bicyclic) bond motifs is 3. The monoisotopic (exact) mass is 322 g/mol. The largest absolute Gasteiger partial charge is 0.368 e. The van der Waals surface area contributed by atoms with Gasteiger partial charge in [-0.05, 0) is 28.7 Å². The fourth-order valence-corrected chi connectivity index (χ4v) is 3.39. The number of carbonyl (C=O) groups is 2. The van der Waals surface area contributed by atoms with E-state index in [1.807, 2.05) is 55.5 Å². The molecule has 4 heteroatoms. The minimum Gasteiger partial charge on any atom is -0.368 e. The Hall–Kier alpha value is -2.62. The average molecular weight is 322 g/mol. The number of primary amides is 1. The lowest BCUT2D eigenvalue weighted by atomic mass is 9.95. The van der Waals surface area contributed by atoms with E-state index in [0.717, 1.165) is 35.1 Å². The van der Waals surface area contributed by atoms with Crippen LogP contribution in [0.4, 0.5) is 0 Å². The van der Waals surface area contributed by atoms with Crippen molar-refractivity contribution in [1.82, 2.24) is 5.32 Å². The maximum Gasteiger partial charge on any atom is 0.240 e. The molecule has 1 aliphatic carbocycles. The normalized spacial score (nSPS) is 13.9. The maximum atomic E-state index is 12.9. The van der Waals surface area contributed by atoms with Crippen LogP contribution in [0.1, 0.15) is 43.2 Å². The number of unbranched alkanes of at least 4 members (excludes halogenated alkanes) is 1. The van der Waals surface area contributed by atoms with E-state index in [4.69, 9.17) is 5.73 Å². The SMILES string of the molecule is CCCC[C@H](NC(=O)C1c2ccccc2-c2ccccc21)C(N)=O. The Morgan fingerprint density at radius 1 is 1.04 bits per heavy atom. The number of nitrogens with two attached hydrogens (primary N) is 1. The average Bonchev–Trinajstić information content (AvgIpc) is 2.93. The third kappa shape index (κ3) is 2.92. The summed E-state index contributed by atoms with van der Waals surface area (Å²) in [6.07, 6.45) is 2.38. The van der Waals surface area contributed by atoms with Gasteiger partial charge in [-0.25, -0.2) is 0 Å². The Balaban J connectivity index is 1.91. The number of nitrogens with one attached hydrogen (secondary N) is 1. The molecule has 124 valence electrons. The highest BCUT2D eigenvalue weighted by atomic mass is 16.2. The third-order valence-corrected chi connectivity index (χ3v) is 4.60. The predicted octanol–water partition coefficient (Wildman–Crippen LogP) is 2.96. The van der Waals surface area contributed by atoms with E-state index in [0.29, 0.717) is 6.42 Å². The zero-order valence-electron chi connectivity index (χ0n) is 13.8. The van der Waals surface area contributed by atoms with Gasteiger partial charge in [0, 0.05) is 0 Å². The summed E-state index contributed by atoms with van der Waals surface area (Å²) < 4.78 is 0. The lowest BCUT2D eigenvalue weighted by molar-refractivity contribution is -0.127. The molecule has 0 unspecified atom stereocenters. The molecule has 0 aromatic heterocycles. The van der Waals surface area contributed by atoms with Crippen LogP contribution in [0.25, 0.3) is 11.1 Å². The molecule has 1 atom stereocenters. The van der Waals surface area contributed by atoms with Gasteiger partial charge in [-0.2, -0.15) is 0 Å². The standard InChI is InChI=1S/C20H22N2O2/c1-2-3-12-17(19(21)23)22-20(24)18-15-10-6-4-8-13(15)14-9-5-7-11-16(14)18/h4-11,17-18H,2-3,12H2,1H3,(H2,21,23)(H,22,24)/t17-/m0/s1. The number of hydrogen-bond acceptors (Lipinski definition) is 2. The van der Waals surface area contributed by atoms with Crippen molar-refractivity contribution < 1.29 is 9.59 Å². The molecule has 24 heavy (non-hydrogen) atoms. The van der Waals surface area contributed by atoms with E-state index in [1.165, 1.54) is 0 Å².